The number of amides is 4. The first-order valence-corrected chi connectivity index (χ1v) is 11.0. The molecule has 0 spiro atoms. The maximum atomic E-state index is 12.7. The first-order chi connectivity index (χ1) is 14.5. The Labute approximate surface area is 176 Å². The lowest BCUT2D eigenvalue weighted by Crippen LogP contribution is -2.41. The molecule has 1 aromatic heterocycles. The van der Waals surface area contributed by atoms with Crippen molar-refractivity contribution in [2.75, 3.05) is 6.54 Å². The van der Waals surface area contributed by atoms with Gasteiger partial charge in [0.25, 0.3) is 5.91 Å². The van der Waals surface area contributed by atoms with Crippen molar-refractivity contribution in [1.82, 2.24) is 20.5 Å². The molecule has 1 aromatic carbocycles. The summed E-state index contributed by atoms with van der Waals surface area (Å²) in [5.74, 6) is 0.224. The molecule has 1 aliphatic heterocycles. The molecule has 7 nitrogen and oxygen atoms in total. The van der Waals surface area contributed by atoms with Gasteiger partial charge in [-0.3, -0.25) is 14.5 Å². The van der Waals surface area contributed by atoms with E-state index in [0.717, 1.165) is 35.7 Å². The van der Waals surface area contributed by atoms with Gasteiger partial charge >= 0.3 is 6.03 Å². The van der Waals surface area contributed by atoms with Gasteiger partial charge in [-0.25, -0.2) is 4.79 Å². The number of urea groups is 1. The molecule has 3 N–H and O–H groups in total. The number of aromatic nitrogens is 1. The van der Waals surface area contributed by atoms with Gasteiger partial charge in [-0.15, -0.1) is 0 Å². The highest BCUT2D eigenvalue weighted by Crippen LogP contribution is 2.24. The molecule has 3 atom stereocenters. The smallest absolute Gasteiger partial charge is 0.324 e. The SMILES string of the molecule is C[C@@H]1CCCC[C@@H]1NC(=O)CC[C@H]1NC(=O)N(CCc2c[nH]c3ccccc23)C1=O. The Balaban J connectivity index is 1.27. The predicted octanol–water partition coefficient (Wildman–Crippen LogP) is 3.11. The maximum Gasteiger partial charge on any atom is 0.324 e. The molecule has 2 aromatic rings. The van der Waals surface area contributed by atoms with Crippen LogP contribution >= 0.6 is 0 Å². The summed E-state index contributed by atoms with van der Waals surface area (Å²) < 4.78 is 0. The van der Waals surface area contributed by atoms with E-state index in [1.54, 1.807) is 0 Å². The number of hydrogen-bond acceptors (Lipinski definition) is 3. The second-order valence-corrected chi connectivity index (χ2v) is 8.58. The van der Waals surface area contributed by atoms with Gasteiger partial charge < -0.3 is 15.6 Å². The van der Waals surface area contributed by atoms with Crippen molar-refractivity contribution in [2.45, 2.75) is 64.0 Å². The Morgan fingerprint density at radius 2 is 2.00 bits per heavy atom. The van der Waals surface area contributed by atoms with Crippen LogP contribution in [0.2, 0.25) is 0 Å². The number of nitrogens with zero attached hydrogens (tertiary/aromatic N) is 1. The Bertz CT molecular complexity index is 937. The van der Waals surface area contributed by atoms with Crippen LogP contribution in [0.15, 0.2) is 30.5 Å². The Morgan fingerprint density at radius 3 is 2.83 bits per heavy atom. The summed E-state index contributed by atoms with van der Waals surface area (Å²) in [5.41, 5.74) is 2.12. The molecule has 7 heteroatoms. The van der Waals surface area contributed by atoms with Gasteiger partial charge in [0.15, 0.2) is 0 Å². The monoisotopic (exact) mass is 410 g/mol. The number of rotatable bonds is 7. The van der Waals surface area contributed by atoms with Gasteiger partial charge in [0.05, 0.1) is 0 Å². The number of carbonyl (C=O) groups excluding carboxylic acids is 3. The van der Waals surface area contributed by atoms with Crippen molar-refractivity contribution in [3.63, 3.8) is 0 Å². The number of nitrogens with one attached hydrogen (secondary N) is 3. The molecule has 1 saturated carbocycles. The number of imide groups is 1. The Morgan fingerprint density at radius 1 is 1.20 bits per heavy atom. The highest BCUT2D eigenvalue weighted by molar-refractivity contribution is 6.04. The normalized spacial score (nSPS) is 24.3. The van der Waals surface area contributed by atoms with Gasteiger partial charge in [0, 0.05) is 36.1 Å². The number of fused-ring (bicyclic) bond motifs is 1. The molecule has 2 fully saturated rings. The first-order valence-electron chi connectivity index (χ1n) is 11.0. The molecule has 0 unspecified atom stereocenters. The zero-order valence-corrected chi connectivity index (χ0v) is 17.4. The average molecular weight is 411 g/mol. The molecule has 1 aliphatic carbocycles. The molecule has 4 rings (SSSR count). The Kier molecular flexibility index (Phi) is 6.06. The molecule has 1 saturated heterocycles. The second-order valence-electron chi connectivity index (χ2n) is 8.58. The molecule has 0 radical (unpaired) electrons. The molecule has 160 valence electrons. The topological polar surface area (TPSA) is 94.3 Å². The van der Waals surface area contributed by atoms with E-state index >= 15 is 0 Å². The molecule has 2 aliphatic rings. The van der Waals surface area contributed by atoms with Crippen LogP contribution in [0.25, 0.3) is 10.9 Å². The number of H-pyrrole nitrogens is 1. The fraction of sp³-hybridized carbons (Fsp3) is 0.522. The summed E-state index contributed by atoms with van der Waals surface area (Å²) in [6.45, 7) is 2.51. The third-order valence-electron chi connectivity index (χ3n) is 6.50. The quantitative estimate of drug-likeness (QED) is 0.612. The lowest BCUT2D eigenvalue weighted by molar-refractivity contribution is -0.127. The van der Waals surface area contributed by atoms with Crippen LogP contribution in [0, 0.1) is 5.92 Å². The van der Waals surface area contributed by atoms with E-state index in [4.69, 9.17) is 0 Å². The second kappa shape index (κ2) is 8.90. The van der Waals surface area contributed by atoms with E-state index in [1.807, 2.05) is 30.5 Å². The van der Waals surface area contributed by atoms with Crippen molar-refractivity contribution < 1.29 is 14.4 Å². The van der Waals surface area contributed by atoms with E-state index in [0.29, 0.717) is 25.3 Å². The fourth-order valence-corrected chi connectivity index (χ4v) is 4.64. The standard InChI is InChI=1S/C23H30N4O3/c1-15-6-2-4-8-18(15)25-21(28)11-10-20-22(29)27(23(30)26-20)13-12-16-14-24-19-9-5-3-7-17(16)19/h3,5,7,9,14-15,18,20,24H,2,4,6,8,10-13H2,1H3,(H,25,28)(H,26,30)/t15-,18+,20-/m1/s1. The van der Waals surface area contributed by atoms with Crippen LogP contribution < -0.4 is 10.6 Å². The lowest BCUT2D eigenvalue weighted by atomic mass is 9.86. The maximum absolute atomic E-state index is 12.7. The number of hydrogen-bond donors (Lipinski definition) is 3. The van der Waals surface area contributed by atoms with Gasteiger partial charge in [-0.1, -0.05) is 38.0 Å². The zero-order chi connectivity index (χ0) is 21.1. The van der Waals surface area contributed by atoms with Crippen molar-refractivity contribution in [3.05, 3.63) is 36.0 Å². The molecular formula is C23H30N4O3. The van der Waals surface area contributed by atoms with Gasteiger partial charge in [-0.2, -0.15) is 0 Å². The van der Waals surface area contributed by atoms with Gasteiger partial charge in [0.1, 0.15) is 6.04 Å². The lowest BCUT2D eigenvalue weighted by Gasteiger charge is -2.29. The first kappa shape index (κ1) is 20.4. The Hall–Kier alpha value is -2.83. The van der Waals surface area contributed by atoms with Gasteiger partial charge in [0.2, 0.25) is 5.91 Å². The molecule has 4 amide bonds. The number of benzene rings is 1. The minimum atomic E-state index is -0.616. The molecular weight excluding hydrogens is 380 g/mol. The zero-order valence-electron chi connectivity index (χ0n) is 17.4. The highest BCUT2D eigenvalue weighted by Gasteiger charge is 2.37. The van der Waals surface area contributed by atoms with Crippen molar-refractivity contribution >= 4 is 28.7 Å². The molecule has 0 bridgehead atoms. The summed E-state index contributed by atoms with van der Waals surface area (Å²) in [6, 6.07) is 7.22. The van der Waals surface area contributed by atoms with Crippen molar-refractivity contribution in [3.8, 4) is 0 Å². The number of aromatic amines is 1. The van der Waals surface area contributed by atoms with Crippen LogP contribution in [0.1, 0.15) is 51.0 Å². The number of para-hydroxylation sites is 1. The predicted molar refractivity (Wildman–Crippen MR) is 115 cm³/mol. The molecule has 30 heavy (non-hydrogen) atoms. The summed E-state index contributed by atoms with van der Waals surface area (Å²) in [7, 11) is 0. The van der Waals surface area contributed by atoms with Crippen LogP contribution in [-0.4, -0.2) is 46.4 Å². The van der Waals surface area contributed by atoms with Crippen LogP contribution in [-0.2, 0) is 16.0 Å². The van der Waals surface area contributed by atoms with E-state index in [-0.39, 0.29) is 30.3 Å². The van der Waals surface area contributed by atoms with E-state index in [2.05, 4.69) is 22.5 Å². The summed E-state index contributed by atoms with van der Waals surface area (Å²) >= 11 is 0. The van der Waals surface area contributed by atoms with Crippen LogP contribution in [0.3, 0.4) is 0 Å². The fourth-order valence-electron chi connectivity index (χ4n) is 4.64. The summed E-state index contributed by atoms with van der Waals surface area (Å²) in [6.07, 6.45) is 7.65. The van der Waals surface area contributed by atoms with Crippen LogP contribution in [0.5, 0.6) is 0 Å². The third kappa shape index (κ3) is 4.35. The minimum absolute atomic E-state index is 0.0342. The van der Waals surface area contributed by atoms with Crippen LogP contribution in [0.4, 0.5) is 4.79 Å². The third-order valence-corrected chi connectivity index (χ3v) is 6.50. The van der Waals surface area contributed by atoms with E-state index in [9.17, 15) is 14.4 Å². The minimum Gasteiger partial charge on any atom is -0.361 e. The summed E-state index contributed by atoms with van der Waals surface area (Å²) in [4.78, 5) is 41.8. The van der Waals surface area contributed by atoms with Crippen molar-refractivity contribution in [2.24, 2.45) is 5.92 Å². The van der Waals surface area contributed by atoms with E-state index < -0.39 is 6.04 Å². The summed E-state index contributed by atoms with van der Waals surface area (Å²) in [5, 5.41) is 6.96. The molecule has 2 heterocycles. The largest absolute Gasteiger partial charge is 0.361 e. The van der Waals surface area contributed by atoms with E-state index in [1.165, 1.54) is 11.3 Å². The van der Waals surface area contributed by atoms with Gasteiger partial charge in [-0.05, 0) is 43.2 Å². The highest BCUT2D eigenvalue weighted by atomic mass is 16.2. The average Bonchev–Trinajstić information content (AvgIpc) is 3.27. The van der Waals surface area contributed by atoms with Crippen molar-refractivity contribution in [1.29, 1.82) is 0 Å². The number of carbonyl (C=O) groups is 3.